The van der Waals surface area contributed by atoms with Crippen molar-refractivity contribution in [2.45, 2.75) is 31.6 Å². The van der Waals surface area contributed by atoms with Crippen LogP contribution >= 0.6 is 23.2 Å². The molecular formula is C26H25Cl2F3N5O4S-. The van der Waals surface area contributed by atoms with Gasteiger partial charge in [0.15, 0.2) is 0 Å². The van der Waals surface area contributed by atoms with Crippen molar-refractivity contribution >= 4 is 52.1 Å². The van der Waals surface area contributed by atoms with E-state index in [9.17, 15) is 31.5 Å². The van der Waals surface area contributed by atoms with E-state index in [1.165, 1.54) is 37.4 Å². The molecule has 0 spiro atoms. The number of hydrogen-bond acceptors (Lipinski definition) is 5. The molecule has 1 aromatic heterocycles. The Morgan fingerprint density at radius 3 is 2.39 bits per heavy atom. The standard InChI is InChI=1S/C26H26Cl2F3N5O4S/c1-32-25(38)35-19(13-18-3-2-4-21(27)23(18)28)11-12-36(41(39)40)20-8-6-17(7-9-20)24(37)34-15-16-5-10-22(33-14-16)26(29,30)31/h2-10,14,19H,11-13,15H2,1H3,(H,34,37)(H,39,40)(H2,32,35,38)/p-1. The average molecular weight is 631 g/mol. The van der Waals surface area contributed by atoms with Crippen LogP contribution < -0.4 is 20.3 Å². The van der Waals surface area contributed by atoms with E-state index in [4.69, 9.17) is 23.2 Å². The highest BCUT2D eigenvalue weighted by Crippen LogP contribution is 2.28. The predicted molar refractivity (Wildman–Crippen MR) is 149 cm³/mol. The van der Waals surface area contributed by atoms with Crippen molar-refractivity contribution in [2.24, 2.45) is 0 Å². The number of nitrogens with zero attached hydrogens (tertiary/aromatic N) is 2. The van der Waals surface area contributed by atoms with Gasteiger partial charge in [-0.15, -0.1) is 0 Å². The van der Waals surface area contributed by atoms with Crippen molar-refractivity contribution in [1.82, 2.24) is 20.9 Å². The van der Waals surface area contributed by atoms with Gasteiger partial charge in [0, 0.05) is 54.9 Å². The molecule has 0 aliphatic heterocycles. The van der Waals surface area contributed by atoms with Gasteiger partial charge in [0.25, 0.3) is 5.91 Å². The van der Waals surface area contributed by atoms with E-state index in [-0.39, 0.29) is 30.8 Å². The Kier molecular flexibility index (Phi) is 11.4. The highest BCUT2D eigenvalue weighted by Gasteiger charge is 2.32. The molecule has 15 heteroatoms. The summed E-state index contributed by atoms with van der Waals surface area (Å²) >= 11 is 9.71. The zero-order valence-electron chi connectivity index (χ0n) is 21.5. The molecule has 3 amide bonds. The topological polar surface area (TPSA) is 126 Å². The summed E-state index contributed by atoms with van der Waals surface area (Å²) in [5.41, 5.74) is 0.501. The molecule has 3 rings (SSSR count). The number of amides is 3. The van der Waals surface area contributed by atoms with Gasteiger partial charge in [0.05, 0.1) is 10.0 Å². The second-order valence-electron chi connectivity index (χ2n) is 8.72. The third-order valence-electron chi connectivity index (χ3n) is 5.91. The Labute approximate surface area is 246 Å². The Bertz CT molecular complexity index is 1380. The Balaban J connectivity index is 1.65. The van der Waals surface area contributed by atoms with E-state index in [2.05, 4.69) is 20.9 Å². The number of aromatic nitrogens is 1. The Morgan fingerprint density at radius 1 is 1.10 bits per heavy atom. The number of nitrogens with one attached hydrogen (secondary N) is 3. The van der Waals surface area contributed by atoms with Gasteiger partial charge in [-0.25, -0.2) is 4.79 Å². The van der Waals surface area contributed by atoms with Crippen LogP contribution in [0, 0.1) is 0 Å². The lowest BCUT2D eigenvalue weighted by atomic mass is 10.0. The van der Waals surface area contributed by atoms with Gasteiger partial charge in [-0.1, -0.05) is 41.4 Å². The number of rotatable bonds is 11. The van der Waals surface area contributed by atoms with Gasteiger partial charge in [0.1, 0.15) is 5.69 Å². The molecule has 3 N–H and O–H groups in total. The maximum atomic E-state index is 12.7. The zero-order chi connectivity index (χ0) is 30.2. The van der Waals surface area contributed by atoms with Crippen molar-refractivity contribution in [3.8, 4) is 0 Å². The smallest absolute Gasteiger partial charge is 0.433 e. The first-order valence-corrected chi connectivity index (χ1v) is 13.9. The van der Waals surface area contributed by atoms with E-state index in [0.29, 0.717) is 27.6 Å². The van der Waals surface area contributed by atoms with Gasteiger partial charge < -0.3 is 24.8 Å². The van der Waals surface area contributed by atoms with E-state index in [1.54, 1.807) is 18.2 Å². The second-order valence-corrected chi connectivity index (χ2v) is 10.4. The molecular weight excluding hydrogens is 606 g/mol. The molecule has 1 heterocycles. The molecule has 0 fully saturated rings. The monoisotopic (exact) mass is 630 g/mol. The van der Waals surface area contributed by atoms with Crippen LogP contribution in [0.2, 0.25) is 10.0 Å². The van der Waals surface area contributed by atoms with E-state index >= 15 is 0 Å². The number of carbonyl (C=O) groups excluding carboxylic acids is 2. The summed E-state index contributed by atoms with van der Waals surface area (Å²) in [6, 6.07) is 11.9. The van der Waals surface area contributed by atoms with Gasteiger partial charge in [-0.05, 0) is 60.4 Å². The first-order chi connectivity index (χ1) is 19.4. The molecule has 0 radical (unpaired) electrons. The lowest BCUT2D eigenvalue weighted by Crippen LogP contribution is -2.43. The fourth-order valence-electron chi connectivity index (χ4n) is 3.78. The highest BCUT2D eigenvalue weighted by atomic mass is 35.5. The van der Waals surface area contributed by atoms with Crippen molar-refractivity contribution < 1.29 is 31.5 Å². The number of anilines is 1. The van der Waals surface area contributed by atoms with Gasteiger partial charge in [-0.3, -0.25) is 14.0 Å². The summed E-state index contributed by atoms with van der Waals surface area (Å²) in [7, 11) is 1.45. The highest BCUT2D eigenvalue weighted by molar-refractivity contribution is 7.80. The third-order valence-corrected chi connectivity index (χ3v) is 7.52. The fraction of sp³-hybridized carbons (Fsp3) is 0.269. The Hall–Kier alpha value is -3.39. The summed E-state index contributed by atoms with van der Waals surface area (Å²) in [6.45, 7) is -0.0613. The van der Waals surface area contributed by atoms with Crippen LogP contribution in [0.15, 0.2) is 60.8 Å². The fourth-order valence-corrected chi connectivity index (χ4v) is 4.72. The van der Waals surface area contributed by atoms with Crippen LogP contribution in [-0.2, 0) is 30.4 Å². The molecule has 2 aromatic carbocycles. The molecule has 2 atom stereocenters. The Morgan fingerprint density at radius 2 is 1.80 bits per heavy atom. The number of urea groups is 1. The SMILES string of the molecule is CNC(=O)NC(CCN(c1ccc(C(=O)NCc2ccc(C(F)(F)F)nc2)cc1)S(=O)[O-])Cc1cccc(Cl)c1Cl. The summed E-state index contributed by atoms with van der Waals surface area (Å²) in [4.78, 5) is 27.9. The van der Waals surface area contributed by atoms with Gasteiger partial charge >= 0.3 is 12.2 Å². The predicted octanol–water partition coefficient (Wildman–Crippen LogP) is 4.87. The molecule has 41 heavy (non-hydrogen) atoms. The number of halogens is 5. The first kappa shape index (κ1) is 32.1. The van der Waals surface area contributed by atoms with Crippen LogP contribution in [-0.4, -0.2) is 45.3 Å². The average Bonchev–Trinajstić information content (AvgIpc) is 2.94. The summed E-state index contributed by atoms with van der Waals surface area (Å²) < 4.78 is 63.1. The minimum Gasteiger partial charge on any atom is -0.755 e. The lowest BCUT2D eigenvalue weighted by Gasteiger charge is -2.29. The largest absolute Gasteiger partial charge is 0.755 e. The third kappa shape index (κ3) is 9.32. The minimum absolute atomic E-state index is 0.00454. The van der Waals surface area contributed by atoms with E-state index in [1.807, 2.05) is 0 Å². The van der Waals surface area contributed by atoms with E-state index < -0.39 is 41.1 Å². The van der Waals surface area contributed by atoms with Crippen LogP contribution in [0.5, 0.6) is 0 Å². The first-order valence-electron chi connectivity index (χ1n) is 12.1. The summed E-state index contributed by atoms with van der Waals surface area (Å²) in [5.74, 6) is -0.514. The van der Waals surface area contributed by atoms with Crippen molar-refractivity contribution in [1.29, 1.82) is 0 Å². The minimum atomic E-state index is -4.56. The van der Waals surface area contributed by atoms with Crippen LogP contribution in [0.1, 0.15) is 33.6 Å². The molecule has 0 aliphatic carbocycles. The maximum absolute atomic E-state index is 12.7. The van der Waals surface area contributed by atoms with E-state index in [0.717, 1.165) is 16.6 Å². The molecule has 220 valence electrons. The van der Waals surface area contributed by atoms with Gasteiger partial charge in [0.2, 0.25) is 0 Å². The van der Waals surface area contributed by atoms with Crippen molar-refractivity contribution in [3.05, 3.63) is 93.2 Å². The summed E-state index contributed by atoms with van der Waals surface area (Å²) in [6.07, 6.45) is -3.02. The lowest BCUT2D eigenvalue weighted by molar-refractivity contribution is -0.141. The van der Waals surface area contributed by atoms with Crippen LogP contribution in [0.4, 0.5) is 23.7 Å². The molecule has 2 unspecified atom stereocenters. The number of carbonyl (C=O) groups is 2. The maximum Gasteiger partial charge on any atom is 0.433 e. The molecule has 3 aromatic rings. The zero-order valence-corrected chi connectivity index (χ0v) is 23.8. The van der Waals surface area contributed by atoms with Crippen molar-refractivity contribution in [2.75, 3.05) is 17.9 Å². The van der Waals surface area contributed by atoms with Crippen LogP contribution in [0.3, 0.4) is 0 Å². The second kappa shape index (κ2) is 14.5. The molecule has 9 nitrogen and oxygen atoms in total. The normalized spacial score (nSPS) is 12.8. The number of hydrogen-bond donors (Lipinski definition) is 3. The molecule has 0 aliphatic rings. The number of benzene rings is 2. The summed E-state index contributed by atoms with van der Waals surface area (Å²) in [5, 5.41) is 8.51. The molecule has 0 saturated heterocycles. The van der Waals surface area contributed by atoms with Crippen molar-refractivity contribution in [3.63, 3.8) is 0 Å². The quantitative estimate of drug-likeness (QED) is 0.261. The number of pyridine rings is 1. The molecule has 0 bridgehead atoms. The number of alkyl halides is 3. The molecule has 0 saturated carbocycles. The van der Waals surface area contributed by atoms with Crippen LogP contribution in [0.25, 0.3) is 0 Å². The van der Waals surface area contributed by atoms with Gasteiger partial charge in [-0.2, -0.15) is 13.2 Å².